The zero-order chi connectivity index (χ0) is 14.6. The first kappa shape index (κ1) is 17.2. The highest BCUT2D eigenvalue weighted by atomic mass is 16.5. The van der Waals surface area contributed by atoms with E-state index < -0.39 is 0 Å². The normalized spacial score (nSPS) is 21.2. The number of hydrogen-bond donors (Lipinski definition) is 2. The molecule has 7 nitrogen and oxygen atoms in total. The van der Waals surface area contributed by atoms with Crippen LogP contribution < -0.4 is 5.73 Å². The van der Waals surface area contributed by atoms with Crippen molar-refractivity contribution in [2.75, 3.05) is 59.8 Å². The van der Waals surface area contributed by atoms with Gasteiger partial charge in [-0.05, 0) is 19.4 Å². The smallest absolute Gasteiger partial charge is 0.143 e. The third-order valence-electron chi connectivity index (χ3n) is 3.39. The third-order valence-corrected chi connectivity index (χ3v) is 3.39. The second-order valence-electron chi connectivity index (χ2n) is 4.88. The molecule has 0 aromatic rings. The van der Waals surface area contributed by atoms with Gasteiger partial charge in [-0.15, -0.1) is 0 Å². The lowest BCUT2D eigenvalue weighted by Crippen LogP contribution is -2.42. The van der Waals surface area contributed by atoms with E-state index in [1.54, 1.807) is 7.11 Å². The van der Waals surface area contributed by atoms with Crippen LogP contribution in [-0.4, -0.2) is 75.7 Å². The zero-order valence-corrected chi connectivity index (χ0v) is 12.3. The second-order valence-corrected chi connectivity index (χ2v) is 4.88. The molecule has 0 aliphatic carbocycles. The van der Waals surface area contributed by atoms with Crippen molar-refractivity contribution in [3.05, 3.63) is 0 Å². The van der Waals surface area contributed by atoms with E-state index in [0.29, 0.717) is 38.9 Å². The molecule has 1 saturated heterocycles. The van der Waals surface area contributed by atoms with E-state index in [4.69, 9.17) is 25.2 Å². The van der Waals surface area contributed by atoms with Gasteiger partial charge < -0.3 is 30.1 Å². The van der Waals surface area contributed by atoms with Crippen LogP contribution in [0, 0.1) is 5.92 Å². The Labute approximate surface area is 120 Å². The first-order valence-electron chi connectivity index (χ1n) is 7.12. The van der Waals surface area contributed by atoms with Gasteiger partial charge in [0.15, 0.2) is 0 Å². The van der Waals surface area contributed by atoms with Gasteiger partial charge in [0.25, 0.3) is 0 Å². The summed E-state index contributed by atoms with van der Waals surface area (Å²) in [6.45, 7) is 5.84. The topological polar surface area (TPSA) is 89.5 Å². The summed E-state index contributed by atoms with van der Waals surface area (Å²) in [6, 6.07) is 0. The summed E-state index contributed by atoms with van der Waals surface area (Å²) in [6.07, 6.45) is 2.06. The van der Waals surface area contributed by atoms with E-state index in [0.717, 1.165) is 32.5 Å². The minimum Gasteiger partial charge on any atom is -0.409 e. The van der Waals surface area contributed by atoms with Crippen molar-refractivity contribution in [1.29, 1.82) is 0 Å². The van der Waals surface area contributed by atoms with Crippen LogP contribution in [0.5, 0.6) is 0 Å². The standard InChI is InChI=1S/C13H27N3O4/c1-18-7-8-20-10-9-19-6-5-16-4-2-3-12(11-16)13(14)15-17/h12,17H,2-11H2,1H3,(H2,14,15). The molecule has 1 fully saturated rings. The van der Waals surface area contributed by atoms with Gasteiger partial charge in [-0.1, -0.05) is 5.16 Å². The van der Waals surface area contributed by atoms with Crippen LogP contribution in [-0.2, 0) is 14.2 Å². The lowest BCUT2D eigenvalue weighted by molar-refractivity contribution is 0.0176. The number of piperidine rings is 1. The number of amidine groups is 1. The van der Waals surface area contributed by atoms with Crippen LogP contribution in [0.15, 0.2) is 5.16 Å². The first-order valence-corrected chi connectivity index (χ1v) is 7.12. The molecule has 1 unspecified atom stereocenters. The molecule has 1 rings (SSSR count). The molecule has 1 atom stereocenters. The average Bonchev–Trinajstić information content (AvgIpc) is 2.49. The van der Waals surface area contributed by atoms with Gasteiger partial charge in [-0.3, -0.25) is 0 Å². The van der Waals surface area contributed by atoms with E-state index in [1.165, 1.54) is 0 Å². The van der Waals surface area contributed by atoms with E-state index in [2.05, 4.69) is 10.1 Å². The molecule has 3 N–H and O–H groups in total. The average molecular weight is 289 g/mol. The molecule has 0 aromatic heterocycles. The predicted octanol–water partition coefficient (Wildman–Crippen LogP) is 0.124. The fraction of sp³-hybridized carbons (Fsp3) is 0.923. The molecule has 0 radical (unpaired) electrons. The summed E-state index contributed by atoms with van der Waals surface area (Å²) in [4.78, 5) is 2.29. The maximum atomic E-state index is 8.70. The highest BCUT2D eigenvalue weighted by Gasteiger charge is 2.22. The molecule has 20 heavy (non-hydrogen) atoms. The van der Waals surface area contributed by atoms with Crippen molar-refractivity contribution in [2.24, 2.45) is 16.8 Å². The minimum absolute atomic E-state index is 0.158. The number of nitrogens with zero attached hydrogens (tertiary/aromatic N) is 2. The second kappa shape index (κ2) is 10.8. The molecular formula is C13H27N3O4. The van der Waals surface area contributed by atoms with Crippen molar-refractivity contribution in [3.63, 3.8) is 0 Å². The quantitative estimate of drug-likeness (QED) is 0.195. The number of ether oxygens (including phenoxy) is 3. The van der Waals surface area contributed by atoms with Gasteiger partial charge in [-0.25, -0.2) is 0 Å². The maximum Gasteiger partial charge on any atom is 0.143 e. The Morgan fingerprint density at radius 3 is 2.65 bits per heavy atom. The van der Waals surface area contributed by atoms with Gasteiger partial charge in [0.2, 0.25) is 0 Å². The van der Waals surface area contributed by atoms with Crippen LogP contribution in [0.1, 0.15) is 12.8 Å². The molecule has 0 spiro atoms. The Morgan fingerprint density at radius 1 is 1.25 bits per heavy atom. The Hall–Kier alpha value is -0.890. The molecule has 0 saturated carbocycles. The zero-order valence-electron chi connectivity index (χ0n) is 12.3. The maximum absolute atomic E-state index is 8.70. The Kier molecular flexibility index (Phi) is 9.31. The Bertz CT molecular complexity index is 276. The van der Waals surface area contributed by atoms with Crippen molar-refractivity contribution in [1.82, 2.24) is 4.90 Å². The van der Waals surface area contributed by atoms with E-state index in [-0.39, 0.29) is 5.92 Å². The highest BCUT2D eigenvalue weighted by molar-refractivity contribution is 5.82. The number of hydrogen-bond acceptors (Lipinski definition) is 6. The van der Waals surface area contributed by atoms with Gasteiger partial charge in [0.1, 0.15) is 5.84 Å². The number of oxime groups is 1. The minimum atomic E-state index is 0.158. The molecule has 0 amide bonds. The van der Waals surface area contributed by atoms with Crippen LogP contribution in [0.3, 0.4) is 0 Å². The van der Waals surface area contributed by atoms with Crippen molar-refractivity contribution >= 4 is 5.84 Å². The third kappa shape index (κ3) is 7.04. The SMILES string of the molecule is COCCOCCOCCN1CCCC(C(N)=NO)C1. The van der Waals surface area contributed by atoms with Crippen LogP contribution in [0.4, 0.5) is 0 Å². The summed E-state index contributed by atoms with van der Waals surface area (Å²) in [5, 5.41) is 11.8. The van der Waals surface area contributed by atoms with Gasteiger partial charge in [0, 0.05) is 26.1 Å². The van der Waals surface area contributed by atoms with Crippen molar-refractivity contribution in [2.45, 2.75) is 12.8 Å². The van der Waals surface area contributed by atoms with Crippen LogP contribution in [0.2, 0.25) is 0 Å². The summed E-state index contributed by atoms with van der Waals surface area (Å²) in [7, 11) is 1.65. The van der Waals surface area contributed by atoms with Crippen LogP contribution >= 0.6 is 0 Å². The monoisotopic (exact) mass is 289 g/mol. The molecule has 1 aliphatic heterocycles. The summed E-state index contributed by atoms with van der Waals surface area (Å²) >= 11 is 0. The molecule has 0 bridgehead atoms. The fourth-order valence-corrected chi connectivity index (χ4v) is 2.24. The first-order chi connectivity index (χ1) is 9.77. The molecular weight excluding hydrogens is 262 g/mol. The lowest BCUT2D eigenvalue weighted by Gasteiger charge is -2.31. The number of nitrogens with two attached hydrogens (primary N) is 1. The van der Waals surface area contributed by atoms with E-state index >= 15 is 0 Å². The van der Waals surface area contributed by atoms with Crippen molar-refractivity contribution < 1.29 is 19.4 Å². The van der Waals surface area contributed by atoms with Crippen LogP contribution in [0.25, 0.3) is 0 Å². The molecule has 118 valence electrons. The lowest BCUT2D eigenvalue weighted by atomic mass is 9.97. The molecule has 1 aliphatic rings. The summed E-state index contributed by atoms with van der Waals surface area (Å²) in [5.74, 6) is 0.494. The summed E-state index contributed by atoms with van der Waals surface area (Å²) < 4.78 is 15.7. The van der Waals surface area contributed by atoms with Gasteiger partial charge >= 0.3 is 0 Å². The highest BCUT2D eigenvalue weighted by Crippen LogP contribution is 2.16. The fourth-order valence-electron chi connectivity index (χ4n) is 2.24. The number of likely N-dealkylation sites (tertiary alicyclic amines) is 1. The molecule has 7 heteroatoms. The molecule has 0 aromatic carbocycles. The van der Waals surface area contributed by atoms with Crippen molar-refractivity contribution in [3.8, 4) is 0 Å². The van der Waals surface area contributed by atoms with E-state index in [9.17, 15) is 0 Å². The summed E-state index contributed by atoms with van der Waals surface area (Å²) in [5.41, 5.74) is 5.66. The van der Waals surface area contributed by atoms with Gasteiger partial charge in [0.05, 0.1) is 33.0 Å². The molecule has 1 heterocycles. The number of rotatable bonds is 10. The predicted molar refractivity (Wildman–Crippen MR) is 76.1 cm³/mol. The van der Waals surface area contributed by atoms with Gasteiger partial charge in [-0.2, -0.15) is 0 Å². The van der Waals surface area contributed by atoms with E-state index in [1.807, 2.05) is 0 Å². The number of methoxy groups -OCH3 is 1. The Morgan fingerprint density at radius 2 is 1.95 bits per heavy atom. The largest absolute Gasteiger partial charge is 0.409 e. The Balaban J connectivity index is 2.01.